The predicted molar refractivity (Wildman–Crippen MR) is 146 cm³/mol. The Hall–Kier alpha value is -3.60. The minimum Gasteiger partial charge on any atom is -0.494 e. The molecule has 4 heterocycles. The predicted octanol–water partition coefficient (Wildman–Crippen LogP) is 3.27. The number of aromatic nitrogens is 4. The maximum Gasteiger partial charge on any atom is 0.231 e. The minimum absolute atomic E-state index is 0.0344. The first-order valence-electron chi connectivity index (χ1n) is 13.7. The van der Waals surface area contributed by atoms with E-state index in [2.05, 4.69) is 36.6 Å². The van der Waals surface area contributed by atoms with Crippen molar-refractivity contribution in [1.29, 1.82) is 0 Å². The number of rotatable bonds is 7. The van der Waals surface area contributed by atoms with Crippen molar-refractivity contribution in [2.45, 2.75) is 57.1 Å². The quantitative estimate of drug-likeness (QED) is 0.371. The van der Waals surface area contributed by atoms with Crippen molar-refractivity contribution in [2.24, 2.45) is 5.92 Å². The zero-order chi connectivity index (χ0) is 26.1. The number of anilines is 4. The van der Waals surface area contributed by atoms with Crippen LogP contribution >= 0.6 is 0 Å². The lowest BCUT2D eigenvalue weighted by molar-refractivity contribution is -0.146. The number of hydrogen-bond acceptors (Lipinski definition) is 9. The van der Waals surface area contributed by atoms with Gasteiger partial charge in [0.1, 0.15) is 11.3 Å². The highest BCUT2D eigenvalue weighted by atomic mass is 16.5. The summed E-state index contributed by atoms with van der Waals surface area (Å²) in [5.41, 5.74) is 3.26. The largest absolute Gasteiger partial charge is 0.494 e. The summed E-state index contributed by atoms with van der Waals surface area (Å²) in [4.78, 5) is 33.6. The van der Waals surface area contributed by atoms with Crippen LogP contribution in [-0.4, -0.2) is 81.3 Å². The van der Waals surface area contributed by atoms with Gasteiger partial charge in [0, 0.05) is 49.9 Å². The number of hydrogen-bond donors (Lipinski definition) is 4. The number of likely N-dealkylation sites (tertiary alicyclic amines) is 1. The molecule has 1 aliphatic carbocycles. The summed E-state index contributed by atoms with van der Waals surface area (Å²) in [6.45, 7) is 2.55. The van der Waals surface area contributed by atoms with Crippen LogP contribution in [0.15, 0.2) is 24.5 Å². The summed E-state index contributed by atoms with van der Waals surface area (Å²) >= 11 is 0. The first-order chi connectivity index (χ1) is 18.6. The number of aromatic amines is 1. The number of benzene rings is 1. The number of aliphatic hydroxyl groups is 1. The Morgan fingerprint density at radius 1 is 1.11 bits per heavy atom. The summed E-state index contributed by atoms with van der Waals surface area (Å²) in [7, 11) is 1.66. The van der Waals surface area contributed by atoms with Gasteiger partial charge in [-0.05, 0) is 37.8 Å². The Bertz CT molecular complexity index is 1280. The van der Waals surface area contributed by atoms with Gasteiger partial charge in [0.15, 0.2) is 11.5 Å². The van der Waals surface area contributed by atoms with Gasteiger partial charge in [-0.2, -0.15) is 9.97 Å². The fraction of sp³-hybridized carbons (Fsp3) is 0.556. The van der Waals surface area contributed by atoms with E-state index >= 15 is 0 Å². The molecule has 4 N–H and O–H groups in total. The van der Waals surface area contributed by atoms with Crippen molar-refractivity contribution in [2.75, 3.05) is 48.8 Å². The second kappa shape index (κ2) is 10.6. The second-order valence-corrected chi connectivity index (χ2v) is 10.6. The van der Waals surface area contributed by atoms with E-state index in [1.165, 1.54) is 19.3 Å². The molecule has 11 heteroatoms. The highest BCUT2D eigenvalue weighted by Crippen LogP contribution is 2.34. The number of β-amino-alcohol motifs (C(OH)–C–C–N with tert-alkyl or cyclic N) is 1. The van der Waals surface area contributed by atoms with Crippen LogP contribution in [0.2, 0.25) is 0 Å². The topological polar surface area (TPSA) is 132 Å². The fourth-order valence-corrected chi connectivity index (χ4v) is 5.81. The number of fused-ring (bicyclic) bond motifs is 1. The molecule has 3 fully saturated rings. The molecular formula is C27H36N8O3. The molecule has 38 heavy (non-hydrogen) atoms. The van der Waals surface area contributed by atoms with Crippen LogP contribution in [0.25, 0.3) is 11.2 Å². The molecule has 1 aromatic carbocycles. The Labute approximate surface area is 222 Å². The third-order valence-corrected chi connectivity index (χ3v) is 8.05. The Balaban J connectivity index is 1.14. The first-order valence-corrected chi connectivity index (χ1v) is 13.7. The van der Waals surface area contributed by atoms with E-state index in [0.717, 1.165) is 61.5 Å². The number of nitrogens with one attached hydrogen (secondary N) is 3. The Morgan fingerprint density at radius 3 is 2.63 bits per heavy atom. The summed E-state index contributed by atoms with van der Waals surface area (Å²) in [6, 6.07) is 6.47. The van der Waals surface area contributed by atoms with E-state index in [1.807, 2.05) is 12.1 Å². The molecule has 2 aliphatic heterocycles. The van der Waals surface area contributed by atoms with E-state index in [4.69, 9.17) is 9.72 Å². The number of carbonyl (C=O) groups is 1. The van der Waals surface area contributed by atoms with Gasteiger partial charge in [0.2, 0.25) is 11.9 Å². The van der Waals surface area contributed by atoms with Crippen molar-refractivity contribution in [3.63, 3.8) is 0 Å². The summed E-state index contributed by atoms with van der Waals surface area (Å²) in [5.74, 6) is 2.14. The summed E-state index contributed by atoms with van der Waals surface area (Å²) < 4.78 is 5.73. The highest BCUT2D eigenvalue weighted by Gasteiger charge is 2.35. The van der Waals surface area contributed by atoms with Gasteiger partial charge in [-0.1, -0.05) is 19.3 Å². The number of aliphatic hydroxyl groups excluding tert-OH is 1. The molecular weight excluding hydrogens is 484 g/mol. The van der Waals surface area contributed by atoms with E-state index in [1.54, 1.807) is 18.3 Å². The minimum atomic E-state index is -0.357. The van der Waals surface area contributed by atoms with Gasteiger partial charge in [0.05, 0.1) is 25.2 Å². The Kier molecular flexibility index (Phi) is 6.92. The van der Waals surface area contributed by atoms with E-state index in [-0.39, 0.29) is 17.9 Å². The molecule has 0 spiro atoms. The zero-order valence-electron chi connectivity index (χ0n) is 21.8. The van der Waals surface area contributed by atoms with E-state index in [0.29, 0.717) is 36.5 Å². The van der Waals surface area contributed by atoms with Gasteiger partial charge >= 0.3 is 0 Å². The maximum atomic E-state index is 12.6. The SMILES string of the molecule is COc1cc(N2CCC(C(=O)N3CC(O)C3)CC2)ccc1Nc1nc(NC2CCCCC2)c2[nH]cnc2n1. The van der Waals surface area contributed by atoms with Crippen molar-refractivity contribution in [1.82, 2.24) is 24.8 Å². The Morgan fingerprint density at radius 2 is 1.89 bits per heavy atom. The van der Waals surface area contributed by atoms with Crippen LogP contribution in [0.3, 0.4) is 0 Å². The van der Waals surface area contributed by atoms with Crippen LogP contribution in [0.5, 0.6) is 5.75 Å². The molecule has 11 nitrogen and oxygen atoms in total. The molecule has 0 radical (unpaired) electrons. The molecule has 0 atom stereocenters. The molecule has 3 aromatic rings. The van der Waals surface area contributed by atoms with Gasteiger partial charge in [-0.25, -0.2) is 4.98 Å². The zero-order valence-corrected chi connectivity index (χ0v) is 21.8. The highest BCUT2D eigenvalue weighted by molar-refractivity contribution is 5.84. The van der Waals surface area contributed by atoms with Crippen LogP contribution < -0.4 is 20.3 Å². The van der Waals surface area contributed by atoms with Gasteiger partial charge in [0.25, 0.3) is 0 Å². The van der Waals surface area contributed by atoms with Crippen molar-refractivity contribution in [3.05, 3.63) is 24.5 Å². The monoisotopic (exact) mass is 520 g/mol. The smallest absolute Gasteiger partial charge is 0.231 e. The summed E-state index contributed by atoms with van der Waals surface area (Å²) in [6.07, 6.45) is 8.96. The molecule has 202 valence electrons. The van der Waals surface area contributed by atoms with E-state index < -0.39 is 0 Å². The van der Waals surface area contributed by atoms with Crippen LogP contribution in [0, 0.1) is 5.92 Å². The van der Waals surface area contributed by atoms with Gasteiger partial charge in [-0.15, -0.1) is 0 Å². The number of methoxy groups -OCH3 is 1. The van der Waals surface area contributed by atoms with Gasteiger partial charge < -0.3 is 35.3 Å². The molecule has 1 amide bonds. The molecule has 0 bridgehead atoms. The third kappa shape index (κ3) is 5.07. The van der Waals surface area contributed by atoms with E-state index in [9.17, 15) is 9.90 Å². The number of ether oxygens (including phenoxy) is 1. The lowest BCUT2D eigenvalue weighted by Gasteiger charge is -2.40. The average molecular weight is 521 g/mol. The van der Waals surface area contributed by atoms with Crippen molar-refractivity contribution < 1.29 is 14.6 Å². The fourth-order valence-electron chi connectivity index (χ4n) is 5.81. The van der Waals surface area contributed by atoms with Crippen LogP contribution in [0.4, 0.5) is 23.1 Å². The molecule has 2 saturated heterocycles. The molecule has 6 rings (SSSR count). The lowest BCUT2D eigenvalue weighted by atomic mass is 9.93. The van der Waals surface area contributed by atoms with Crippen molar-refractivity contribution >= 4 is 40.2 Å². The molecule has 1 saturated carbocycles. The normalized spacial score (nSPS) is 19.4. The first kappa shape index (κ1) is 24.7. The number of amides is 1. The third-order valence-electron chi connectivity index (χ3n) is 8.05. The molecule has 0 unspecified atom stereocenters. The standard InChI is InChI=1S/C27H36N8O3/c1-38-22-13-19(34-11-9-17(10-12-34)26(37)35-14-20(36)15-35)7-8-21(22)31-27-32-24-23(28-16-29-24)25(33-27)30-18-5-3-2-4-6-18/h7-8,13,16-18,20,36H,2-6,9-12,14-15H2,1H3,(H3,28,29,30,31,32,33). The summed E-state index contributed by atoms with van der Waals surface area (Å²) in [5, 5.41) is 16.4. The second-order valence-electron chi connectivity index (χ2n) is 10.6. The molecule has 3 aliphatic rings. The van der Waals surface area contributed by atoms with Crippen LogP contribution in [0.1, 0.15) is 44.9 Å². The molecule has 2 aromatic heterocycles. The lowest BCUT2D eigenvalue weighted by Crippen LogP contribution is -2.56. The van der Waals surface area contributed by atoms with Crippen LogP contribution in [-0.2, 0) is 4.79 Å². The number of H-pyrrole nitrogens is 1. The number of piperidine rings is 1. The number of carbonyl (C=O) groups excluding carboxylic acids is 1. The number of nitrogens with zero attached hydrogens (tertiary/aromatic N) is 5. The van der Waals surface area contributed by atoms with Gasteiger partial charge in [-0.3, -0.25) is 4.79 Å². The number of imidazole rings is 1. The van der Waals surface area contributed by atoms with Crippen molar-refractivity contribution in [3.8, 4) is 5.75 Å². The maximum absolute atomic E-state index is 12.6. The average Bonchev–Trinajstić information content (AvgIpc) is 3.41.